The van der Waals surface area contributed by atoms with E-state index in [2.05, 4.69) is 6.92 Å². The van der Waals surface area contributed by atoms with Gasteiger partial charge in [0, 0.05) is 29.3 Å². The number of hydrogen-bond donors (Lipinski definition) is 0. The monoisotopic (exact) mass is 299 g/mol. The summed E-state index contributed by atoms with van der Waals surface area (Å²) in [6.45, 7) is 3.88. The van der Waals surface area contributed by atoms with Gasteiger partial charge < -0.3 is 9.64 Å². The lowest BCUT2D eigenvalue weighted by Gasteiger charge is -2.19. The summed E-state index contributed by atoms with van der Waals surface area (Å²) in [5, 5.41) is 0.679. The van der Waals surface area contributed by atoms with Crippen molar-refractivity contribution in [3.63, 3.8) is 0 Å². The maximum Gasteiger partial charge on any atom is 0.223 e. The Balaban J connectivity index is 2.02. The summed E-state index contributed by atoms with van der Waals surface area (Å²) in [4.78, 5) is 14.0. The van der Waals surface area contributed by atoms with E-state index < -0.39 is 0 Å². The van der Waals surface area contributed by atoms with E-state index in [4.69, 9.17) is 16.3 Å². The third kappa shape index (κ3) is 4.05. The zero-order chi connectivity index (χ0) is 13.7. The Morgan fingerprint density at radius 3 is 3.16 bits per heavy atom. The fraction of sp³-hybridized carbons (Fsp3) is 0.500. The molecular formula is C14H18ClNO2S. The molecule has 104 valence electrons. The highest BCUT2D eigenvalue weighted by molar-refractivity contribution is 7.99. The van der Waals surface area contributed by atoms with Crippen LogP contribution in [0.15, 0.2) is 18.2 Å². The Morgan fingerprint density at radius 1 is 1.53 bits per heavy atom. The molecular weight excluding hydrogens is 282 g/mol. The smallest absolute Gasteiger partial charge is 0.223 e. The van der Waals surface area contributed by atoms with E-state index in [1.165, 1.54) is 0 Å². The van der Waals surface area contributed by atoms with Gasteiger partial charge >= 0.3 is 0 Å². The van der Waals surface area contributed by atoms with Gasteiger partial charge in [-0.25, -0.2) is 0 Å². The average molecular weight is 300 g/mol. The molecule has 1 amide bonds. The Bertz CT molecular complexity index is 453. The fourth-order valence-corrected chi connectivity index (χ4v) is 2.84. The molecule has 0 radical (unpaired) electrons. The van der Waals surface area contributed by atoms with E-state index in [-0.39, 0.29) is 5.91 Å². The van der Waals surface area contributed by atoms with Gasteiger partial charge in [0.15, 0.2) is 0 Å². The van der Waals surface area contributed by atoms with Crippen molar-refractivity contribution in [2.45, 2.75) is 19.9 Å². The number of carbonyl (C=O) groups excluding carboxylic acids is 1. The molecule has 0 aromatic heterocycles. The van der Waals surface area contributed by atoms with Gasteiger partial charge in [-0.15, -0.1) is 0 Å². The number of nitrogens with zero attached hydrogens (tertiary/aromatic N) is 1. The maximum atomic E-state index is 12.1. The molecule has 0 bridgehead atoms. The SMILES string of the molecule is CCSCCC(=O)N1CCOc2ccc(Cl)cc2C1. The van der Waals surface area contributed by atoms with Crippen molar-refractivity contribution < 1.29 is 9.53 Å². The average Bonchev–Trinajstić information content (AvgIpc) is 2.60. The lowest BCUT2D eigenvalue weighted by molar-refractivity contribution is -0.131. The predicted octanol–water partition coefficient (Wildman–Crippen LogP) is 3.20. The molecule has 1 aliphatic rings. The normalized spacial score (nSPS) is 14.5. The lowest BCUT2D eigenvalue weighted by Crippen LogP contribution is -2.32. The molecule has 0 spiro atoms. The van der Waals surface area contributed by atoms with Gasteiger partial charge in [-0.05, 0) is 24.0 Å². The van der Waals surface area contributed by atoms with Crippen LogP contribution in [-0.2, 0) is 11.3 Å². The van der Waals surface area contributed by atoms with Crippen molar-refractivity contribution in [3.05, 3.63) is 28.8 Å². The second-order valence-corrected chi connectivity index (χ2v) is 6.19. The molecule has 0 saturated heterocycles. The molecule has 1 aromatic rings. The van der Waals surface area contributed by atoms with Crippen molar-refractivity contribution >= 4 is 29.3 Å². The van der Waals surface area contributed by atoms with E-state index in [0.717, 1.165) is 22.8 Å². The van der Waals surface area contributed by atoms with Gasteiger partial charge in [-0.2, -0.15) is 11.8 Å². The number of ether oxygens (including phenoxy) is 1. The van der Waals surface area contributed by atoms with E-state index in [9.17, 15) is 4.79 Å². The Hall–Kier alpha value is -0.870. The van der Waals surface area contributed by atoms with Crippen LogP contribution in [0.4, 0.5) is 0 Å². The van der Waals surface area contributed by atoms with Gasteiger partial charge in [-0.1, -0.05) is 18.5 Å². The summed E-state index contributed by atoms with van der Waals surface area (Å²) in [6, 6.07) is 5.57. The van der Waals surface area contributed by atoms with Crippen molar-refractivity contribution in [1.29, 1.82) is 0 Å². The quantitative estimate of drug-likeness (QED) is 0.800. The van der Waals surface area contributed by atoms with E-state index in [1.807, 2.05) is 23.1 Å². The van der Waals surface area contributed by atoms with Crippen LogP contribution in [0.25, 0.3) is 0 Å². The Morgan fingerprint density at radius 2 is 2.37 bits per heavy atom. The predicted molar refractivity (Wildman–Crippen MR) is 80.0 cm³/mol. The molecule has 0 fully saturated rings. The summed E-state index contributed by atoms with van der Waals surface area (Å²) in [6.07, 6.45) is 0.592. The van der Waals surface area contributed by atoms with E-state index >= 15 is 0 Å². The maximum absolute atomic E-state index is 12.1. The summed E-state index contributed by atoms with van der Waals surface area (Å²) < 4.78 is 5.65. The molecule has 0 aliphatic carbocycles. The minimum Gasteiger partial charge on any atom is -0.491 e. The molecule has 3 nitrogen and oxygen atoms in total. The van der Waals surface area contributed by atoms with Crippen LogP contribution < -0.4 is 4.74 Å². The first kappa shape index (κ1) is 14.5. The Kier molecular flexibility index (Phi) is 5.40. The standard InChI is InChI=1S/C14H18ClNO2S/c1-2-19-8-5-14(17)16-6-7-18-13-4-3-12(15)9-11(13)10-16/h3-4,9H,2,5-8,10H2,1H3. The second-order valence-electron chi connectivity index (χ2n) is 4.36. The molecule has 0 saturated carbocycles. The highest BCUT2D eigenvalue weighted by atomic mass is 35.5. The van der Waals surface area contributed by atoms with Gasteiger partial charge in [0.1, 0.15) is 12.4 Å². The molecule has 1 heterocycles. The van der Waals surface area contributed by atoms with Crippen LogP contribution in [-0.4, -0.2) is 35.5 Å². The van der Waals surface area contributed by atoms with E-state index in [1.54, 1.807) is 11.8 Å². The molecule has 2 rings (SSSR count). The summed E-state index contributed by atoms with van der Waals surface area (Å²) in [7, 11) is 0. The summed E-state index contributed by atoms with van der Waals surface area (Å²) in [5.41, 5.74) is 0.987. The van der Waals surface area contributed by atoms with Crippen LogP contribution >= 0.6 is 23.4 Å². The third-order valence-corrected chi connectivity index (χ3v) is 4.16. The lowest BCUT2D eigenvalue weighted by atomic mass is 10.2. The highest BCUT2D eigenvalue weighted by Gasteiger charge is 2.19. The fourth-order valence-electron chi connectivity index (χ4n) is 2.04. The molecule has 5 heteroatoms. The largest absolute Gasteiger partial charge is 0.491 e. The van der Waals surface area contributed by atoms with Crippen molar-refractivity contribution in [2.24, 2.45) is 0 Å². The van der Waals surface area contributed by atoms with Crippen LogP contribution in [0, 0.1) is 0 Å². The van der Waals surface area contributed by atoms with E-state index in [0.29, 0.717) is 31.1 Å². The first-order valence-electron chi connectivity index (χ1n) is 6.47. The van der Waals surface area contributed by atoms with Crippen LogP contribution in [0.3, 0.4) is 0 Å². The number of rotatable bonds is 4. The van der Waals surface area contributed by atoms with Crippen LogP contribution in [0.2, 0.25) is 5.02 Å². The third-order valence-electron chi connectivity index (χ3n) is 3.02. The van der Waals surface area contributed by atoms with Crippen LogP contribution in [0.5, 0.6) is 5.75 Å². The zero-order valence-electron chi connectivity index (χ0n) is 11.0. The van der Waals surface area contributed by atoms with Crippen molar-refractivity contribution in [3.8, 4) is 5.75 Å². The van der Waals surface area contributed by atoms with Crippen molar-refractivity contribution in [2.75, 3.05) is 24.7 Å². The topological polar surface area (TPSA) is 29.5 Å². The number of fused-ring (bicyclic) bond motifs is 1. The van der Waals surface area contributed by atoms with Gasteiger partial charge in [0.25, 0.3) is 0 Å². The van der Waals surface area contributed by atoms with Gasteiger partial charge in [0.05, 0.1) is 6.54 Å². The first-order valence-corrected chi connectivity index (χ1v) is 8.00. The van der Waals surface area contributed by atoms with Gasteiger partial charge in [0.2, 0.25) is 5.91 Å². The van der Waals surface area contributed by atoms with Crippen molar-refractivity contribution in [1.82, 2.24) is 4.90 Å². The molecule has 1 aromatic carbocycles. The minimum absolute atomic E-state index is 0.192. The molecule has 19 heavy (non-hydrogen) atoms. The van der Waals surface area contributed by atoms with Gasteiger partial charge in [-0.3, -0.25) is 4.79 Å². The Labute approximate surface area is 123 Å². The number of thioether (sulfide) groups is 1. The number of benzene rings is 1. The molecule has 0 unspecified atom stereocenters. The number of hydrogen-bond acceptors (Lipinski definition) is 3. The summed E-state index contributed by atoms with van der Waals surface area (Å²) in [5.74, 6) is 2.96. The van der Waals surface area contributed by atoms with Crippen LogP contribution in [0.1, 0.15) is 18.9 Å². The molecule has 0 atom stereocenters. The highest BCUT2D eigenvalue weighted by Crippen LogP contribution is 2.26. The number of amides is 1. The number of halogens is 1. The molecule has 1 aliphatic heterocycles. The first-order chi connectivity index (χ1) is 9.20. The molecule has 0 N–H and O–H groups in total. The number of carbonyl (C=O) groups is 1. The second kappa shape index (κ2) is 7.06. The summed E-state index contributed by atoms with van der Waals surface area (Å²) >= 11 is 7.79. The zero-order valence-corrected chi connectivity index (χ0v) is 12.6. The minimum atomic E-state index is 0.192.